The zero-order valence-electron chi connectivity index (χ0n) is 14.8. The standard InChI is InChI=1S/C21H19N3OS/c1-14-6-3-4-7-18(14)24-20(26)23(19(25)21(24)10-5-11-21)17-9-8-16(13-22)15(2)12-17/h3-4,6-9,12H,5,10-11H2,1-2H3. The predicted octanol–water partition coefficient (Wildman–Crippen LogP) is 4.24. The molecule has 0 N–H and O–H groups in total. The maximum atomic E-state index is 13.4. The molecule has 2 aromatic rings. The molecule has 0 unspecified atom stereocenters. The first kappa shape index (κ1) is 16.7. The molecule has 2 fully saturated rings. The van der Waals surface area contributed by atoms with E-state index >= 15 is 0 Å². The molecule has 2 aliphatic rings. The molecule has 2 aromatic carbocycles. The van der Waals surface area contributed by atoms with E-state index in [1.54, 1.807) is 11.0 Å². The smallest absolute Gasteiger partial charge is 0.259 e. The van der Waals surface area contributed by atoms with Crippen molar-refractivity contribution in [2.24, 2.45) is 0 Å². The maximum absolute atomic E-state index is 13.4. The van der Waals surface area contributed by atoms with Crippen LogP contribution in [0, 0.1) is 25.2 Å². The number of para-hydroxylation sites is 1. The van der Waals surface area contributed by atoms with Crippen molar-refractivity contribution in [2.45, 2.75) is 38.6 Å². The lowest BCUT2D eigenvalue weighted by atomic mass is 9.75. The number of nitriles is 1. The van der Waals surface area contributed by atoms with Gasteiger partial charge in [-0.25, -0.2) is 0 Å². The molecule has 1 aliphatic heterocycles. The summed E-state index contributed by atoms with van der Waals surface area (Å²) in [5, 5.41) is 9.69. The average Bonchev–Trinajstić information content (AvgIpc) is 2.82. The van der Waals surface area contributed by atoms with Gasteiger partial charge in [-0.15, -0.1) is 0 Å². The van der Waals surface area contributed by atoms with E-state index in [0.717, 1.165) is 41.8 Å². The van der Waals surface area contributed by atoms with E-state index in [0.29, 0.717) is 10.7 Å². The summed E-state index contributed by atoms with van der Waals surface area (Å²) in [4.78, 5) is 17.1. The zero-order valence-corrected chi connectivity index (χ0v) is 15.6. The van der Waals surface area contributed by atoms with E-state index < -0.39 is 5.54 Å². The number of carbonyl (C=O) groups is 1. The molecule has 0 bridgehead atoms. The highest BCUT2D eigenvalue weighted by Gasteiger charge is 2.59. The second-order valence-corrected chi connectivity index (χ2v) is 7.41. The molecule has 0 atom stereocenters. The fraction of sp³-hybridized carbons (Fsp3) is 0.286. The van der Waals surface area contributed by atoms with Crippen LogP contribution in [0.4, 0.5) is 11.4 Å². The molecule has 1 amide bonds. The summed E-state index contributed by atoms with van der Waals surface area (Å²) in [6.07, 6.45) is 2.65. The van der Waals surface area contributed by atoms with E-state index in [4.69, 9.17) is 17.5 Å². The number of anilines is 2. The minimum absolute atomic E-state index is 0.0427. The fourth-order valence-electron chi connectivity index (χ4n) is 3.91. The average molecular weight is 361 g/mol. The molecule has 1 aliphatic carbocycles. The van der Waals surface area contributed by atoms with Gasteiger partial charge in [0.15, 0.2) is 5.11 Å². The Morgan fingerprint density at radius 2 is 1.85 bits per heavy atom. The van der Waals surface area contributed by atoms with Gasteiger partial charge in [-0.05, 0) is 80.7 Å². The lowest BCUT2D eigenvalue weighted by Gasteiger charge is -2.43. The van der Waals surface area contributed by atoms with E-state index in [2.05, 4.69) is 11.0 Å². The zero-order chi connectivity index (χ0) is 18.5. The van der Waals surface area contributed by atoms with Gasteiger partial charge >= 0.3 is 0 Å². The van der Waals surface area contributed by atoms with Crippen LogP contribution in [0.15, 0.2) is 42.5 Å². The van der Waals surface area contributed by atoms with Gasteiger partial charge in [0.1, 0.15) is 5.54 Å². The predicted molar refractivity (Wildman–Crippen MR) is 106 cm³/mol. The first-order valence-electron chi connectivity index (χ1n) is 8.75. The third-order valence-corrected chi connectivity index (χ3v) is 5.90. The number of carbonyl (C=O) groups excluding carboxylic acids is 1. The summed E-state index contributed by atoms with van der Waals surface area (Å²) < 4.78 is 0. The molecule has 1 saturated carbocycles. The summed E-state index contributed by atoms with van der Waals surface area (Å²) in [7, 11) is 0. The number of hydrogen-bond donors (Lipinski definition) is 0. The Bertz CT molecular complexity index is 971. The van der Waals surface area contributed by atoms with E-state index in [1.807, 2.05) is 50.2 Å². The van der Waals surface area contributed by atoms with Crippen molar-refractivity contribution in [3.63, 3.8) is 0 Å². The number of hydrogen-bond acceptors (Lipinski definition) is 3. The first-order chi connectivity index (χ1) is 12.5. The number of rotatable bonds is 2. The van der Waals surface area contributed by atoms with Crippen LogP contribution in [0.1, 0.15) is 36.0 Å². The number of benzene rings is 2. The minimum atomic E-state index is -0.564. The van der Waals surface area contributed by atoms with Gasteiger partial charge in [0.25, 0.3) is 5.91 Å². The number of amides is 1. The number of nitrogens with zero attached hydrogens (tertiary/aromatic N) is 3. The van der Waals surface area contributed by atoms with Crippen LogP contribution < -0.4 is 9.80 Å². The Labute approximate surface area is 158 Å². The number of thiocarbonyl (C=S) groups is 1. The lowest BCUT2D eigenvalue weighted by Crippen LogP contribution is -2.55. The van der Waals surface area contributed by atoms with Crippen molar-refractivity contribution in [3.05, 3.63) is 59.2 Å². The van der Waals surface area contributed by atoms with Crippen molar-refractivity contribution in [3.8, 4) is 6.07 Å². The van der Waals surface area contributed by atoms with Crippen LogP contribution in [0.2, 0.25) is 0 Å². The minimum Gasteiger partial charge on any atom is -0.303 e. The highest BCUT2D eigenvalue weighted by atomic mass is 32.1. The van der Waals surface area contributed by atoms with E-state index in [1.165, 1.54) is 0 Å². The normalized spacial score (nSPS) is 18.2. The molecule has 4 rings (SSSR count). The Morgan fingerprint density at radius 3 is 2.42 bits per heavy atom. The Kier molecular flexibility index (Phi) is 3.82. The summed E-state index contributed by atoms with van der Waals surface area (Å²) >= 11 is 5.78. The van der Waals surface area contributed by atoms with Gasteiger partial charge in [0.2, 0.25) is 0 Å². The molecular formula is C21H19N3OS. The summed E-state index contributed by atoms with van der Waals surface area (Å²) in [6.45, 7) is 3.92. The van der Waals surface area contributed by atoms with Gasteiger partial charge in [-0.1, -0.05) is 18.2 Å². The van der Waals surface area contributed by atoms with Gasteiger partial charge in [0, 0.05) is 5.69 Å². The number of aryl methyl sites for hydroxylation is 2. The van der Waals surface area contributed by atoms with Gasteiger partial charge in [-0.2, -0.15) is 5.26 Å². The molecule has 5 heteroatoms. The third kappa shape index (κ3) is 2.19. The molecule has 130 valence electrons. The highest BCUT2D eigenvalue weighted by Crippen LogP contribution is 2.48. The van der Waals surface area contributed by atoms with Crippen LogP contribution in [0.5, 0.6) is 0 Å². The van der Waals surface area contributed by atoms with Crippen LogP contribution in [0.3, 0.4) is 0 Å². The molecular weight excluding hydrogens is 342 g/mol. The van der Waals surface area contributed by atoms with Crippen LogP contribution in [0.25, 0.3) is 0 Å². The van der Waals surface area contributed by atoms with Crippen molar-refractivity contribution < 1.29 is 4.79 Å². The van der Waals surface area contributed by atoms with Crippen molar-refractivity contribution >= 4 is 34.6 Å². The van der Waals surface area contributed by atoms with Crippen LogP contribution in [-0.4, -0.2) is 16.6 Å². The summed E-state index contributed by atoms with van der Waals surface area (Å²) in [6, 6.07) is 15.7. The summed E-state index contributed by atoms with van der Waals surface area (Å²) in [5.74, 6) is 0.0427. The maximum Gasteiger partial charge on any atom is 0.259 e. The van der Waals surface area contributed by atoms with Crippen molar-refractivity contribution in [1.82, 2.24) is 0 Å². The Balaban J connectivity index is 1.83. The molecule has 4 nitrogen and oxygen atoms in total. The van der Waals surface area contributed by atoms with E-state index in [9.17, 15) is 4.79 Å². The quantitative estimate of drug-likeness (QED) is 0.751. The highest BCUT2D eigenvalue weighted by molar-refractivity contribution is 7.81. The largest absolute Gasteiger partial charge is 0.303 e. The molecule has 1 saturated heterocycles. The van der Waals surface area contributed by atoms with Crippen molar-refractivity contribution in [1.29, 1.82) is 5.26 Å². The first-order valence-corrected chi connectivity index (χ1v) is 9.15. The van der Waals surface area contributed by atoms with Crippen LogP contribution >= 0.6 is 12.2 Å². The lowest BCUT2D eigenvalue weighted by molar-refractivity contribution is -0.123. The molecule has 0 radical (unpaired) electrons. The third-order valence-electron chi connectivity index (χ3n) is 5.54. The van der Waals surface area contributed by atoms with Gasteiger partial charge in [0.05, 0.1) is 17.3 Å². The van der Waals surface area contributed by atoms with E-state index in [-0.39, 0.29) is 5.91 Å². The molecule has 1 spiro atoms. The van der Waals surface area contributed by atoms with Gasteiger partial charge in [-0.3, -0.25) is 9.69 Å². The second-order valence-electron chi connectivity index (χ2n) is 7.04. The molecule has 0 aromatic heterocycles. The Hall–Kier alpha value is -2.71. The molecule has 26 heavy (non-hydrogen) atoms. The monoisotopic (exact) mass is 361 g/mol. The SMILES string of the molecule is Cc1cc(N2C(=O)C3(CCC3)N(c3ccccc3C)C2=S)ccc1C#N. The molecule has 1 heterocycles. The van der Waals surface area contributed by atoms with Crippen molar-refractivity contribution in [2.75, 3.05) is 9.80 Å². The Morgan fingerprint density at radius 1 is 1.12 bits per heavy atom. The topological polar surface area (TPSA) is 47.3 Å². The second kappa shape index (κ2) is 5.93. The summed E-state index contributed by atoms with van der Waals surface area (Å²) in [5.41, 5.74) is 3.73. The van der Waals surface area contributed by atoms with Gasteiger partial charge < -0.3 is 4.90 Å². The fourth-order valence-corrected chi connectivity index (χ4v) is 4.37. The van der Waals surface area contributed by atoms with Crippen LogP contribution in [-0.2, 0) is 4.79 Å².